The highest BCUT2D eigenvalue weighted by molar-refractivity contribution is 9.10. The lowest BCUT2D eigenvalue weighted by molar-refractivity contribution is 0.308. The van der Waals surface area contributed by atoms with Gasteiger partial charge in [0.05, 0.1) is 6.61 Å². The third-order valence-corrected chi connectivity index (χ3v) is 5.12. The van der Waals surface area contributed by atoms with Crippen molar-refractivity contribution >= 4 is 47.4 Å². The zero-order valence-electron chi connectivity index (χ0n) is 10.8. The normalized spacial score (nSPS) is 11.6. The van der Waals surface area contributed by atoms with Crippen molar-refractivity contribution in [3.63, 3.8) is 0 Å². The Morgan fingerprint density at radius 2 is 2.11 bits per heavy atom. The average molecular weight is 388 g/mol. The highest BCUT2D eigenvalue weighted by atomic mass is 79.9. The second-order valence-corrected chi connectivity index (χ2v) is 8.73. The highest BCUT2D eigenvalue weighted by Gasteiger charge is 2.19. The SMILES string of the molecule is CCSCCCOc1c(C)cc(Br)cc1S(=O)(=O)Cl. The number of halogens is 2. The van der Waals surface area contributed by atoms with Gasteiger partial charge < -0.3 is 4.74 Å². The zero-order valence-corrected chi connectivity index (χ0v) is 14.8. The number of rotatable bonds is 7. The first-order valence-electron chi connectivity index (χ1n) is 5.81. The van der Waals surface area contributed by atoms with Crippen LogP contribution in [0.5, 0.6) is 5.75 Å². The fraction of sp³-hybridized carbons (Fsp3) is 0.500. The van der Waals surface area contributed by atoms with Gasteiger partial charge in [0.25, 0.3) is 9.05 Å². The molecule has 108 valence electrons. The van der Waals surface area contributed by atoms with Crippen molar-refractivity contribution < 1.29 is 13.2 Å². The van der Waals surface area contributed by atoms with Gasteiger partial charge in [-0.1, -0.05) is 22.9 Å². The monoisotopic (exact) mass is 386 g/mol. The van der Waals surface area contributed by atoms with Crippen molar-refractivity contribution in [2.75, 3.05) is 18.1 Å². The lowest BCUT2D eigenvalue weighted by Gasteiger charge is -2.13. The van der Waals surface area contributed by atoms with Crippen LogP contribution in [0.4, 0.5) is 0 Å². The number of benzene rings is 1. The molecule has 0 aliphatic heterocycles. The Bertz CT molecular complexity index is 532. The van der Waals surface area contributed by atoms with Crippen LogP contribution < -0.4 is 4.74 Å². The van der Waals surface area contributed by atoms with Crippen molar-refractivity contribution in [3.05, 3.63) is 22.2 Å². The molecule has 19 heavy (non-hydrogen) atoms. The van der Waals surface area contributed by atoms with Crippen LogP contribution in [-0.4, -0.2) is 26.5 Å². The highest BCUT2D eigenvalue weighted by Crippen LogP contribution is 2.33. The largest absolute Gasteiger partial charge is 0.492 e. The molecular formula is C12H16BrClO3S2. The Hall–Kier alpha value is 0.0900. The van der Waals surface area contributed by atoms with Crippen LogP contribution in [0.15, 0.2) is 21.5 Å². The molecule has 1 aromatic rings. The Morgan fingerprint density at radius 3 is 2.68 bits per heavy atom. The Kier molecular flexibility index (Phi) is 7.00. The van der Waals surface area contributed by atoms with Gasteiger partial charge >= 0.3 is 0 Å². The number of hydrogen-bond donors (Lipinski definition) is 0. The third kappa shape index (κ3) is 5.53. The Labute approximate surface area is 131 Å². The molecule has 0 unspecified atom stereocenters. The van der Waals surface area contributed by atoms with E-state index in [-0.39, 0.29) is 4.90 Å². The molecule has 0 N–H and O–H groups in total. The molecule has 0 aliphatic carbocycles. The molecule has 0 bridgehead atoms. The van der Waals surface area contributed by atoms with E-state index in [1.165, 1.54) is 6.07 Å². The summed E-state index contributed by atoms with van der Waals surface area (Å²) in [7, 11) is 1.62. The number of aryl methyl sites for hydroxylation is 1. The molecule has 0 saturated heterocycles. The molecule has 1 rings (SSSR count). The fourth-order valence-electron chi connectivity index (χ4n) is 1.54. The van der Waals surface area contributed by atoms with E-state index in [2.05, 4.69) is 22.9 Å². The summed E-state index contributed by atoms with van der Waals surface area (Å²) in [5.41, 5.74) is 0.747. The lowest BCUT2D eigenvalue weighted by Crippen LogP contribution is -2.05. The summed E-state index contributed by atoms with van der Waals surface area (Å²) in [4.78, 5) is 0.0178. The molecule has 0 spiro atoms. The molecule has 0 aromatic heterocycles. The van der Waals surface area contributed by atoms with Gasteiger partial charge in [-0.15, -0.1) is 0 Å². The Morgan fingerprint density at radius 1 is 1.42 bits per heavy atom. The molecule has 0 radical (unpaired) electrons. The number of thioether (sulfide) groups is 1. The molecule has 0 atom stereocenters. The molecule has 0 heterocycles. The van der Waals surface area contributed by atoms with Crippen LogP contribution in [0.25, 0.3) is 0 Å². The maximum atomic E-state index is 11.6. The van der Waals surface area contributed by atoms with Crippen molar-refractivity contribution in [1.82, 2.24) is 0 Å². The van der Waals surface area contributed by atoms with E-state index in [0.717, 1.165) is 23.5 Å². The van der Waals surface area contributed by atoms with Crippen molar-refractivity contribution in [2.45, 2.75) is 25.2 Å². The topological polar surface area (TPSA) is 43.4 Å². The molecular weight excluding hydrogens is 372 g/mol. The van der Waals surface area contributed by atoms with Gasteiger partial charge in [-0.05, 0) is 42.5 Å². The predicted molar refractivity (Wildman–Crippen MR) is 85.0 cm³/mol. The summed E-state index contributed by atoms with van der Waals surface area (Å²) >= 11 is 5.09. The van der Waals surface area contributed by atoms with Crippen LogP contribution in [-0.2, 0) is 9.05 Å². The van der Waals surface area contributed by atoms with Gasteiger partial charge in [-0.25, -0.2) is 8.42 Å². The van der Waals surface area contributed by atoms with E-state index in [9.17, 15) is 8.42 Å². The van der Waals surface area contributed by atoms with Crippen LogP contribution in [0, 0.1) is 6.92 Å². The average Bonchev–Trinajstić information content (AvgIpc) is 2.29. The van der Waals surface area contributed by atoms with Crippen LogP contribution in [0.1, 0.15) is 18.9 Å². The standard InChI is InChI=1S/C12H16BrClO3S2/c1-3-18-6-4-5-17-12-9(2)7-10(13)8-11(12)19(14,15)16/h7-8H,3-6H2,1-2H3. The quantitative estimate of drug-likeness (QED) is 0.519. The van der Waals surface area contributed by atoms with Gasteiger partial charge in [0.1, 0.15) is 10.6 Å². The van der Waals surface area contributed by atoms with Gasteiger partial charge in [0.2, 0.25) is 0 Å². The lowest BCUT2D eigenvalue weighted by atomic mass is 10.2. The first-order chi connectivity index (χ1) is 8.86. The van der Waals surface area contributed by atoms with E-state index in [1.807, 2.05) is 17.8 Å². The fourth-order valence-corrected chi connectivity index (χ4v) is 3.93. The minimum atomic E-state index is -3.81. The third-order valence-electron chi connectivity index (χ3n) is 2.35. The minimum absolute atomic E-state index is 0.0178. The smallest absolute Gasteiger partial charge is 0.265 e. The van der Waals surface area contributed by atoms with E-state index >= 15 is 0 Å². The minimum Gasteiger partial charge on any atom is -0.492 e. The number of hydrogen-bond acceptors (Lipinski definition) is 4. The van der Waals surface area contributed by atoms with Crippen molar-refractivity contribution in [1.29, 1.82) is 0 Å². The van der Waals surface area contributed by atoms with Gasteiger partial charge in [-0.2, -0.15) is 11.8 Å². The molecule has 3 nitrogen and oxygen atoms in total. The van der Waals surface area contributed by atoms with Crippen LogP contribution >= 0.6 is 38.4 Å². The molecule has 7 heteroatoms. The first kappa shape index (κ1) is 17.1. The maximum absolute atomic E-state index is 11.6. The molecule has 1 aromatic carbocycles. The maximum Gasteiger partial charge on any atom is 0.265 e. The predicted octanol–water partition coefficient (Wildman–Crippen LogP) is 4.21. The molecule has 0 amide bonds. The van der Waals surface area contributed by atoms with E-state index in [1.54, 1.807) is 6.92 Å². The molecule has 0 saturated carbocycles. The summed E-state index contributed by atoms with van der Waals surface area (Å²) in [6, 6.07) is 3.27. The first-order valence-corrected chi connectivity index (χ1v) is 10.1. The van der Waals surface area contributed by atoms with E-state index in [0.29, 0.717) is 16.8 Å². The van der Waals surface area contributed by atoms with E-state index < -0.39 is 9.05 Å². The van der Waals surface area contributed by atoms with Crippen molar-refractivity contribution in [3.8, 4) is 5.75 Å². The summed E-state index contributed by atoms with van der Waals surface area (Å²) < 4.78 is 29.4. The van der Waals surface area contributed by atoms with Gasteiger partial charge in [0, 0.05) is 15.2 Å². The van der Waals surface area contributed by atoms with E-state index in [4.69, 9.17) is 15.4 Å². The summed E-state index contributed by atoms with van der Waals surface area (Å²) in [5, 5.41) is 0. The number of ether oxygens (including phenoxy) is 1. The van der Waals surface area contributed by atoms with Crippen LogP contribution in [0.2, 0.25) is 0 Å². The second kappa shape index (κ2) is 7.76. The Balaban J connectivity index is 2.87. The van der Waals surface area contributed by atoms with Gasteiger partial charge in [0.15, 0.2) is 0 Å². The summed E-state index contributed by atoms with van der Waals surface area (Å²) in [6.07, 6.45) is 0.871. The second-order valence-electron chi connectivity index (χ2n) is 3.89. The molecule has 0 aliphatic rings. The van der Waals surface area contributed by atoms with Crippen LogP contribution in [0.3, 0.4) is 0 Å². The summed E-state index contributed by atoms with van der Waals surface area (Å²) in [5.74, 6) is 2.41. The van der Waals surface area contributed by atoms with Crippen molar-refractivity contribution in [2.24, 2.45) is 0 Å². The zero-order chi connectivity index (χ0) is 14.5. The molecule has 0 fully saturated rings. The van der Waals surface area contributed by atoms with Gasteiger partial charge in [-0.3, -0.25) is 0 Å². The summed E-state index contributed by atoms with van der Waals surface area (Å²) in [6.45, 7) is 4.38.